The van der Waals surface area contributed by atoms with E-state index in [1.54, 1.807) is 61.5 Å². The van der Waals surface area contributed by atoms with Gasteiger partial charge in [0.1, 0.15) is 12.4 Å². The quantitative estimate of drug-likeness (QED) is 0.357. The molecule has 0 aliphatic carbocycles. The molecule has 0 radical (unpaired) electrons. The van der Waals surface area contributed by atoms with E-state index in [-0.39, 0.29) is 28.8 Å². The molecule has 12 heteroatoms. The van der Waals surface area contributed by atoms with Crippen LogP contribution in [-0.4, -0.2) is 66.5 Å². The van der Waals surface area contributed by atoms with E-state index >= 15 is 0 Å². The Bertz CT molecular complexity index is 1520. The van der Waals surface area contributed by atoms with Crippen LogP contribution in [0.4, 0.5) is 5.69 Å². The SMILES string of the molecule is Cc1ccc(S(=O)(=O)Nc2ccc(C(=O)NCCOc3ccc(S(=O)(=O)N4CCOCC4)cc3)cc2C)cc1. The number of hydrogen-bond donors (Lipinski definition) is 2. The molecule has 10 nitrogen and oxygen atoms in total. The van der Waals surface area contributed by atoms with Gasteiger partial charge in [-0.25, -0.2) is 16.8 Å². The van der Waals surface area contributed by atoms with Crippen molar-refractivity contribution in [3.8, 4) is 5.75 Å². The zero-order chi connectivity index (χ0) is 28.0. The molecule has 4 rings (SSSR count). The number of morpholine rings is 1. The molecule has 1 amide bonds. The summed E-state index contributed by atoms with van der Waals surface area (Å²) in [5.74, 6) is 0.146. The topological polar surface area (TPSA) is 131 Å². The number of benzene rings is 3. The second kappa shape index (κ2) is 12.2. The van der Waals surface area contributed by atoms with Crippen molar-refractivity contribution in [1.29, 1.82) is 0 Å². The van der Waals surface area contributed by atoms with Gasteiger partial charge in [0.2, 0.25) is 10.0 Å². The van der Waals surface area contributed by atoms with Crippen LogP contribution < -0.4 is 14.8 Å². The van der Waals surface area contributed by atoms with Crippen LogP contribution in [0.3, 0.4) is 0 Å². The van der Waals surface area contributed by atoms with Gasteiger partial charge in [-0.15, -0.1) is 0 Å². The van der Waals surface area contributed by atoms with Gasteiger partial charge in [0.05, 0.1) is 35.2 Å². The lowest BCUT2D eigenvalue weighted by atomic mass is 10.1. The molecule has 1 aliphatic heterocycles. The summed E-state index contributed by atoms with van der Waals surface area (Å²) in [6.07, 6.45) is 0. The summed E-state index contributed by atoms with van der Waals surface area (Å²) >= 11 is 0. The van der Waals surface area contributed by atoms with Gasteiger partial charge >= 0.3 is 0 Å². The summed E-state index contributed by atoms with van der Waals surface area (Å²) in [7, 11) is -7.33. The molecule has 0 atom stereocenters. The van der Waals surface area contributed by atoms with Crippen molar-refractivity contribution in [2.75, 3.05) is 44.2 Å². The maximum absolute atomic E-state index is 12.7. The van der Waals surface area contributed by atoms with Crippen LogP contribution in [0.15, 0.2) is 76.5 Å². The summed E-state index contributed by atoms with van der Waals surface area (Å²) < 4.78 is 65.6. The molecule has 2 N–H and O–H groups in total. The van der Waals surface area contributed by atoms with E-state index in [0.717, 1.165) is 5.56 Å². The highest BCUT2D eigenvalue weighted by atomic mass is 32.2. The number of anilines is 1. The Morgan fingerprint density at radius 3 is 2.18 bits per heavy atom. The van der Waals surface area contributed by atoms with E-state index in [9.17, 15) is 21.6 Å². The molecule has 1 heterocycles. The largest absolute Gasteiger partial charge is 0.492 e. The van der Waals surface area contributed by atoms with Crippen molar-refractivity contribution in [2.45, 2.75) is 23.6 Å². The molecule has 3 aromatic carbocycles. The lowest BCUT2D eigenvalue weighted by molar-refractivity contribution is 0.0730. The van der Waals surface area contributed by atoms with Crippen LogP contribution >= 0.6 is 0 Å². The minimum absolute atomic E-state index is 0.155. The van der Waals surface area contributed by atoms with Gasteiger partial charge in [-0.2, -0.15) is 4.31 Å². The molecule has 0 spiro atoms. The van der Waals surface area contributed by atoms with Crippen LogP contribution in [0.25, 0.3) is 0 Å². The molecule has 39 heavy (non-hydrogen) atoms. The normalized spacial score (nSPS) is 14.5. The van der Waals surface area contributed by atoms with Gasteiger partial charge in [0.25, 0.3) is 15.9 Å². The van der Waals surface area contributed by atoms with Gasteiger partial charge in [0, 0.05) is 18.7 Å². The predicted molar refractivity (Wildman–Crippen MR) is 147 cm³/mol. The smallest absolute Gasteiger partial charge is 0.261 e. The van der Waals surface area contributed by atoms with E-state index in [0.29, 0.717) is 48.9 Å². The van der Waals surface area contributed by atoms with E-state index in [4.69, 9.17) is 9.47 Å². The van der Waals surface area contributed by atoms with Gasteiger partial charge in [-0.05, 0) is 74.0 Å². The third-order valence-corrected chi connectivity index (χ3v) is 9.45. The van der Waals surface area contributed by atoms with E-state index in [2.05, 4.69) is 10.0 Å². The highest BCUT2D eigenvalue weighted by Gasteiger charge is 2.26. The van der Waals surface area contributed by atoms with E-state index in [1.807, 2.05) is 6.92 Å². The van der Waals surface area contributed by atoms with Gasteiger partial charge in [-0.3, -0.25) is 9.52 Å². The molecule has 3 aromatic rings. The first-order chi connectivity index (χ1) is 18.6. The van der Waals surface area contributed by atoms with Crippen LogP contribution in [0, 0.1) is 13.8 Å². The fraction of sp³-hybridized carbons (Fsp3) is 0.296. The third-order valence-electron chi connectivity index (χ3n) is 6.15. The Balaban J connectivity index is 1.27. The maximum atomic E-state index is 12.7. The minimum Gasteiger partial charge on any atom is -0.492 e. The average molecular weight is 574 g/mol. The first-order valence-electron chi connectivity index (χ1n) is 12.4. The molecule has 1 aliphatic rings. The lowest BCUT2D eigenvalue weighted by Gasteiger charge is -2.26. The van der Waals surface area contributed by atoms with Crippen molar-refractivity contribution in [3.63, 3.8) is 0 Å². The van der Waals surface area contributed by atoms with Gasteiger partial charge < -0.3 is 14.8 Å². The van der Waals surface area contributed by atoms with E-state index < -0.39 is 20.0 Å². The van der Waals surface area contributed by atoms with Crippen molar-refractivity contribution in [1.82, 2.24) is 9.62 Å². The van der Waals surface area contributed by atoms with Crippen LogP contribution in [-0.2, 0) is 24.8 Å². The first kappa shape index (κ1) is 28.6. The lowest BCUT2D eigenvalue weighted by Crippen LogP contribution is -2.40. The Morgan fingerprint density at radius 2 is 1.54 bits per heavy atom. The molecule has 0 saturated carbocycles. The summed E-state index contributed by atoms with van der Waals surface area (Å²) in [5, 5.41) is 2.76. The predicted octanol–water partition coefficient (Wildman–Crippen LogP) is 2.93. The molecule has 0 bridgehead atoms. The highest BCUT2D eigenvalue weighted by Crippen LogP contribution is 2.22. The minimum atomic E-state index is -3.75. The van der Waals surface area contributed by atoms with Crippen molar-refractivity contribution >= 4 is 31.6 Å². The van der Waals surface area contributed by atoms with Gasteiger partial charge in [0.15, 0.2) is 0 Å². The average Bonchev–Trinajstić information content (AvgIpc) is 2.93. The zero-order valence-electron chi connectivity index (χ0n) is 21.7. The fourth-order valence-electron chi connectivity index (χ4n) is 3.92. The second-order valence-corrected chi connectivity index (χ2v) is 12.7. The standard InChI is InChI=1S/C27H31N3O7S2/c1-20-3-8-24(9-4-20)38(32,33)29-26-12-5-22(19-21(26)2)27(31)28-13-16-37-23-6-10-25(11-7-23)39(34,35)30-14-17-36-18-15-30/h3-12,19,29H,13-18H2,1-2H3,(H,28,31). The van der Waals surface area contributed by atoms with Crippen LogP contribution in [0.5, 0.6) is 5.75 Å². The van der Waals surface area contributed by atoms with Crippen LogP contribution in [0.2, 0.25) is 0 Å². The number of carbonyl (C=O) groups is 1. The first-order valence-corrected chi connectivity index (χ1v) is 15.3. The number of aryl methyl sites for hydroxylation is 2. The fourth-order valence-corrected chi connectivity index (χ4v) is 6.46. The molecule has 0 aromatic heterocycles. The Labute approximate surface area is 229 Å². The third kappa shape index (κ3) is 7.15. The number of amides is 1. The maximum Gasteiger partial charge on any atom is 0.261 e. The molecule has 1 fully saturated rings. The Morgan fingerprint density at radius 1 is 0.897 bits per heavy atom. The van der Waals surface area contributed by atoms with Gasteiger partial charge in [-0.1, -0.05) is 17.7 Å². The monoisotopic (exact) mass is 573 g/mol. The van der Waals surface area contributed by atoms with Crippen molar-refractivity contribution in [2.24, 2.45) is 0 Å². The number of sulfonamides is 2. The molecule has 1 saturated heterocycles. The molecule has 0 unspecified atom stereocenters. The number of rotatable bonds is 10. The molecular weight excluding hydrogens is 542 g/mol. The number of ether oxygens (including phenoxy) is 2. The molecule has 208 valence electrons. The summed E-state index contributed by atoms with van der Waals surface area (Å²) in [6.45, 7) is 5.39. The Kier molecular flexibility index (Phi) is 8.90. The summed E-state index contributed by atoms with van der Waals surface area (Å²) in [5.41, 5.74) is 2.32. The Hall–Kier alpha value is -3.45. The van der Waals surface area contributed by atoms with Crippen molar-refractivity contribution in [3.05, 3.63) is 83.4 Å². The van der Waals surface area contributed by atoms with Crippen molar-refractivity contribution < 1.29 is 31.1 Å². The zero-order valence-corrected chi connectivity index (χ0v) is 23.3. The number of carbonyl (C=O) groups excluding carboxylic acids is 1. The van der Waals surface area contributed by atoms with E-state index in [1.165, 1.54) is 16.4 Å². The number of hydrogen-bond acceptors (Lipinski definition) is 7. The highest BCUT2D eigenvalue weighted by molar-refractivity contribution is 7.92. The summed E-state index contributed by atoms with van der Waals surface area (Å²) in [4.78, 5) is 12.9. The second-order valence-electron chi connectivity index (χ2n) is 9.04. The van der Waals surface area contributed by atoms with Crippen LogP contribution in [0.1, 0.15) is 21.5 Å². The number of nitrogens with one attached hydrogen (secondary N) is 2. The summed E-state index contributed by atoms with van der Waals surface area (Å²) in [6, 6.07) is 17.4. The molecular formula is C27H31N3O7S2. The number of nitrogens with zero attached hydrogens (tertiary/aromatic N) is 1.